The monoisotopic (exact) mass is 602 g/mol. The molecule has 44 heavy (non-hydrogen) atoms. The summed E-state index contributed by atoms with van der Waals surface area (Å²) in [6, 6.07) is 35.8. The van der Waals surface area contributed by atoms with E-state index in [4.69, 9.17) is 0 Å². The lowest BCUT2D eigenvalue weighted by Gasteiger charge is -2.34. The number of amides is 3. The largest absolute Gasteiger partial charge is 0.471 e. The Hall–Kier alpha value is -4.96. The topological polar surface area (TPSA) is 90.5 Å². The van der Waals surface area contributed by atoms with E-state index in [2.05, 4.69) is 10.7 Å². The lowest BCUT2D eigenvalue weighted by Crippen LogP contribution is -2.64. The smallest absolute Gasteiger partial charge is 0.345 e. The first-order valence-electron chi connectivity index (χ1n) is 14.0. The predicted octanol–water partition coefficient (Wildman–Crippen LogP) is 4.74. The van der Waals surface area contributed by atoms with Gasteiger partial charge in [0.1, 0.15) is 5.54 Å². The van der Waals surface area contributed by atoms with Gasteiger partial charge in [-0.3, -0.25) is 19.8 Å². The molecule has 0 aliphatic rings. The molecule has 10 heteroatoms. The third kappa shape index (κ3) is 9.53. The number of carbonyl (C=O) groups excluding carboxylic acids is 3. The Bertz CT molecular complexity index is 1420. The fraction of sp³-hybridized carbons (Fsp3) is 0.206. The molecule has 0 saturated heterocycles. The summed E-state index contributed by atoms with van der Waals surface area (Å²) in [6.07, 6.45) is -5.72. The van der Waals surface area contributed by atoms with Crippen molar-refractivity contribution < 1.29 is 27.6 Å². The highest BCUT2D eigenvalue weighted by Crippen LogP contribution is 2.24. The van der Waals surface area contributed by atoms with Crippen LogP contribution in [-0.2, 0) is 40.3 Å². The van der Waals surface area contributed by atoms with Gasteiger partial charge >= 0.3 is 12.1 Å². The maximum absolute atomic E-state index is 13.8. The van der Waals surface area contributed by atoms with Crippen molar-refractivity contribution in [2.75, 3.05) is 6.54 Å². The third-order valence-electron chi connectivity index (χ3n) is 6.87. The Morgan fingerprint density at radius 3 is 1.34 bits per heavy atom. The van der Waals surface area contributed by atoms with E-state index in [9.17, 15) is 27.6 Å². The van der Waals surface area contributed by atoms with E-state index in [-0.39, 0.29) is 12.8 Å². The minimum absolute atomic E-state index is 0.244. The van der Waals surface area contributed by atoms with Gasteiger partial charge in [0.15, 0.2) is 0 Å². The average molecular weight is 603 g/mol. The van der Waals surface area contributed by atoms with Crippen molar-refractivity contribution in [1.82, 2.24) is 21.1 Å². The van der Waals surface area contributed by atoms with Gasteiger partial charge in [-0.1, -0.05) is 121 Å². The van der Waals surface area contributed by atoms with Crippen LogP contribution in [0.15, 0.2) is 121 Å². The molecule has 0 aliphatic heterocycles. The van der Waals surface area contributed by atoms with Crippen molar-refractivity contribution in [3.63, 3.8) is 0 Å². The number of benzene rings is 4. The number of hydrogen-bond donors (Lipinski definition) is 3. The number of alkyl halides is 3. The van der Waals surface area contributed by atoms with Gasteiger partial charge in [-0.25, -0.2) is 5.01 Å². The molecule has 0 atom stereocenters. The van der Waals surface area contributed by atoms with Crippen molar-refractivity contribution in [3.8, 4) is 0 Å². The summed E-state index contributed by atoms with van der Waals surface area (Å²) >= 11 is 0. The summed E-state index contributed by atoms with van der Waals surface area (Å²) in [5.74, 6) is -3.75. The lowest BCUT2D eigenvalue weighted by molar-refractivity contribution is -0.176. The number of carbonyl (C=O) groups is 3. The van der Waals surface area contributed by atoms with Gasteiger partial charge < -0.3 is 10.6 Å². The maximum atomic E-state index is 13.8. The van der Waals surface area contributed by atoms with Gasteiger partial charge in [0.2, 0.25) is 5.91 Å². The molecular formula is C34H33F3N4O3. The first-order chi connectivity index (χ1) is 21.1. The van der Waals surface area contributed by atoms with Crippen LogP contribution in [0.5, 0.6) is 0 Å². The Morgan fingerprint density at radius 1 is 0.568 bits per heavy atom. The highest BCUT2D eigenvalue weighted by Gasteiger charge is 2.47. The van der Waals surface area contributed by atoms with E-state index in [1.807, 2.05) is 66.0 Å². The summed E-state index contributed by atoms with van der Waals surface area (Å²) in [7, 11) is 0. The molecule has 0 saturated carbocycles. The fourth-order valence-corrected chi connectivity index (χ4v) is 4.83. The standard InChI is InChI=1S/C34H33F3N4O3/c35-34(36,37)32(44)39-33(21-26-13-5-1-6-14-26,22-27-15-7-2-8-16-27)31(43)38-23-30(42)40-41(24-28-17-9-3-10-18-28)25-29-19-11-4-12-20-29/h1-20H,21-25H2,(H,38,43)(H,39,44)(H,40,42). The summed E-state index contributed by atoms with van der Waals surface area (Å²) in [6.45, 7) is 0.193. The Kier molecular flexibility index (Phi) is 10.9. The van der Waals surface area contributed by atoms with Crippen molar-refractivity contribution >= 4 is 17.7 Å². The van der Waals surface area contributed by atoms with Crippen molar-refractivity contribution in [3.05, 3.63) is 144 Å². The second kappa shape index (κ2) is 15.0. The summed E-state index contributed by atoms with van der Waals surface area (Å²) < 4.78 is 40.6. The third-order valence-corrected chi connectivity index (χ3v) is 6.87. The number of nitrogens with one attached hydrogen (secondary N) is 3. The second-order valence-electron chi connectivity index (χ2n) is 10.4. The van der Waals surface area contributed by atoms with Crippen molar-refractivity contribution in [2.45, 2.75) is 37.6 Å². The van der Waals surface area contributed by atoms with Crippen LogP contribution in [0.3, 0.4) is 0 Å². The zero-order valence-electron chi connectivity index (χ0n) is 23.9. The van der Waals surface area contributed by atoms with Crippen LogP contribution in [0.2, 0.25) is 0 Å². The molecular weight excluding hydrogens is 569 g/mol. The normalized spacial score (nSPS) is 11.5. The molecule has 4 aromatic carbocycles. The van der Waals surface area contributed by atoms with Crippen molar-refractivity contribution in [2.24, 2.45) is 0 Å². The van der Waals surface area contributed by atoms with E-state index < -0.39 is 36.0 Å². The first kappa shape index (κ1) is 32.0. The molecule has 0 bridgehead atoms. The molecule has 0 aliphatic carbocycles. The second-order valence-corrected chi connectivity index (χ2v) is 10.4. The molecule has 228 valence electrons. The summed E-state index contributed by atoms with van der Waals surface area (Å²) in [5, 5.41) is 6.16. The van der Waals surface area contributed by atoms with E-state index in [1.165, 1.54) is 0 Å². The fourth-order valence-electron chi connectivity index (χ4n) is 4.83. The van der Waals surface area contributed by atoms with Gasteiger partial charge in [-0.15, -0.1) is 0 Å². The number of rotatable bonds is 13. The average Bonchev–Trinajstić information content (AvgIpc) is 3.01. The molecule has 0 heterocycles. The van der Waals surface area contributed by atoms with Gasteiger partial charge in [0, 0.05) is 25.9 Å². The summed E-state index contributed by atoms with van der Waals surface area (Å²) in [5.41, 5.74) is 3.68. The Balaban J connectivity index is 1.55. The minimum Gasteiger partial charge on any atom is -0.345 e. The first-order valence-corrected chi connectivity index (χ1v) is 14.0. The van der Waals surface area contributed by atoms with Crippen LogP contribution in [0.1, 0.15) is 22.3 Å². The van der Waals surface area contributed by atoms with Crippen LogP contribution in [0.4, 0.5) is 13.2 Å². The SMILES string of the molecule is O=C(CNC(=O)C(Cc1ccccc1)(Cc1ccccc1)NC(=O)C(F)(F)F)NN(Cc1ccccc1)Cc1ccccc1. The molecule has 0 aromatic heterocycles. The maximum Gasteiger partial charge on any atom is 0.471 e. The van der Waals surface area contributed by atoms with Crippen LogP contribution in [0.25, 0.3) is 0 Å². The van der Waals surface area contributed by atoms with Crippen LogP contribution >= 0.6 is 0 Å². The minimum atomic E-state index is -5.23. The molecule has 0 radical (unpaired) electrons. The van der Waals surface area contributed by atoms with Crippen LogP contribution in [-0.4, -0.2) is 41.0 Å². The highest BCUT2D eigenvalue weighted by molar-refractivity contribution is 5.95. The quantitative estimate of drug-likeness (QED) is 0.193. The highest BCUT2D eigenvalue weighted by atomic mass is 19.4. The predicted molar refractivity (Wildman–Crippen MR) is 161 cm³/mol. The molecule has 3 amide bonds. The molecule has 4 rings (SSSR count). The molecule has 0 unspecified atom stereocenters. The molecule has 0 spiro atoms. The molecule has 4 aromatic rings. The van der Waals surface area contributed by atoms with Gasteiger partial charge in [0.05, 0.1) is 6.54 Å². The lowest BCUT2D eigenvalue weighted by atomic mass is 9.83. The van der Waals surface area contributed by atoms with Gasteiger partial charge in [-0.2, -0.15) is 13.2 Å². The number of nitrogens with zero attached hydrogens (tertiary/aromatic N) is 1. The van der Waals surface area contributed by atoms with Crippen LogP contribution in [0, 0.1) is 0 Å². The molecule has 7 nitrogen and oxygen atoms in total. The number of hydrazine groups is 1. The molecule has 0 fully saturated rings. The number of halogens is 3. The Morgan fingerprint density at radius 2 is 0.955 bits per heavy atom. The number of hydrogen-bond acceptors (Lipinski definition) is 4. The molecule has 3 N–H and O–H groups in total. The Labute approximate surface area is 254 Å². The van der Waals surface area contributed by atoms with Gasteiger partial charge in [0.25, 0.3) is 5.91 Å². The van der Waals surface area contributed by atoms with Crippen molar-refractivity contribution in [1.29, 1.82) is 0 Å². The van der Waals surface area contributed by atoms with E-state index in [0.29, 0.717) is 24.2 Å². The zero-order chi connectivity index (χ0) is 31.4. The van der Waals surface area contributed by atoms with E-state index in [0.717, 1.165) is 11.1 Å². The van der Waals surface area contributed by atoms with E-state index >= 15 is 0 Å². The van der Waals surface area contributed by atoms with Crippen LogP contribution < -0.4 is 16.1 Å². The zero-order valence-corrected chi connectivity index (χ0v) is 23.9. The van der Waals surface area contributed by atoms with E-state index in [1.54, 1.807) is 65.7 Å². The van der Waals surface area contributed by atoms with Gasteiger partial charge in [-0.05, 0) is 22.3 Å². The summed E-state index contributed by atoms with van der Waals surface area (Å²) in [4.78, 5) is 39.2.